The molecular weight excluding hydrogens is 400 g/mol. The highest BCUT2D eigenvalue weighted by Gasteiger charge is 2.15. The number of carbonyl (C=O) groups is 1. The highest BCUT2D eigenvalue weighted by Crippen LogP contribution is 2.18. The summed E-state index contributed by atoms with van der Waals surface area (Å²) in [6, 6.07) is 14.1. The molecule has 0 aliphatic heterocycles. The van der Waals surface area contributed by atoms with Gasteiger partial charge in [0.1, 0.15) is 0 Å². The van der Waals surface area contributed by atoms with Gasteiger partial charge in [0, 0.05) is 11.3 Å². The summed E-state index contributed by atoms with van der Waals surface area (Å²) in [7, 11) is -3.84. The number of benzene rings is 2. The Morgan fingerprint density at radius 2 is 1.64 bits per heavy atom. The Morgan fingerprint density at radius 1 is 0.929 bits per heavy atom. The van der Waals surface area contributed by atoms with Gasteiger partial charge in [0.25, 0.3) is 15.9 Å². The molecule has 9 heteroatoms. The van der Waals surface area contributed by atoms with Gasteiger partial charge in [-0.05, 0) is 73.5 Å². The van der Waals surface area contributed by atoms with Crippen LogP contribution in [0.3, 0.4) is 0 Å². The maximum absolute atomic E-state index is 12.4. The zero-order valence-electron chi connectivity index (χ0n) is 15.1. The summed E-state index contributed by atoms with van der Waals surface area (Å²) in [5, 5.41) is 10.2. The first-order chi connectivity index (χ1) is 13.2. The first-order valence-corrected chi connectivity index (χ1v) is 10.1. The molecule has 0 fully saturated rings. The van der Waals surface area contributed by atoms with Crippen molar-refractivity contribution in [3.63, 3.8) is 0 Å². The fourth-order valence-corrected chi connectivity index (χ4v) is 3.47. The zero-order valence-corrected chi connectivity index (χ0v) is 16.7. The van der Waals surface area contributed by atoms with Crippen LogP contribution >= 0.6 is 11.6 Å². The largest absolute Gasteiger partial charge is 0.322 e. The Kier molecular flexibility index (Phi) is 5.62. The molecule has 3 aromatic rings. The smallest absolute Gasteiger partial charge is 0.263 e. The number of aromatic nitrogens is 2. The van der Waals surface area contributed by atoms with E-state index in [4.69, 9.17) is 11.6 Å². The standard InChI is InChI=1S/C19H17ClN4O3S/c1-12-3-4-14(11-13(12)2)19(25)21-15-5-7-16(8-6-15)28(26,27)24-18-10-9-17(20)22-23-18/h3-11H,1-2H3,(H,21,25)(H,23,24). The van der Waals surface area contributed by atoms with Crippen LogP contribution in [0.15, 0.2) is 59.5 Å². The van der Waals surface area contributed by atoms with Crippen molar-refractivity contribution in [2.24, 2.45) is 0 Å². The molecule has 0 spiro atoms. The second kappa shape index (κ2) is 7.95. The van der Waals surface area contributed by atoms with Gasteiger partial charge >= 0.3 is 0 Å². The summed E-state index contributed by atoms with van der Waals surface area (Å²) in [6.45, 7) is 3.91. The highest BCUT2D eigenvalue weighted by atomic mass is 35.5. The van der Waals surface area contributed by atoms with Gasteiger partial charge in [-0.25, -0.2) is 8.42 Å². The van der Waals surface area contributed by atoms with Crippen molar-refractivity contribution >= 4 is 39.0 Å². The molecule has 1 heterocycles. The molecule has 0 bridgehead atoms. The van der Waals surface area contributed by atoms with Gasteiger partial charge in [0.05, 0.1) is 4.90 Å². The fraction of sp³-hybridized carbons (Fsp3) is 0.105. The van der Waals surface area contributed by atoms with Crippen LogP contribution in [-0.4, -0.2) is 24.5 Å². The van der Waals surface area contributed by atoms with E-state index in [0.29, 0.717) is 11.3 Å². The van der Waals surface area contributed by atoms with Crippen molar-refractivity contribution in [1.29, 1.82) is 0 Å². The summed E-state index contributed by atoms with van der Waals surface area (Å²) in [5.41, 5.74) is 3.13. The normalized spacial score (nSPS) is 11.1. The van der Waals surface area contributed by atoms with Gasteiger partial charge in [-0.2, -0.15) is 0 Å². The predicted molar refractivity (Wildman–Crippen MR) is 108 cm³/mol. The predicted octanol–water partition coefficient (Wildman–Crippen LogP) is 3.80. The molecule has 0 aliphatic carbocycles. The number of anilines is 2. The van der Waals surface area contributed by atoms with Crippen molar-refractivity contribution in [2.75, 3.05) is 10.0 Å². The molecule has 1 amide bonds. The number of carbonyl (C=O) groups excluding carboxylic acids is 1. The summed E-state index contributed by atoms with van der Waals surface area (Å²) >= 11 is 5.63. The summed E-state index contributed by atoms with van der Waals surface area (Å²) < 4.78 is 27.1. The third kappa shape index (κ3) is 4.65. The van der Waals surface area contributed by atoms with Gasteiger partial charge < -0.3 is 5.32 Å². The van der Waals surface area contributed by atoms with Gasteiger partial charge in [0.15, 0.2) is 11.0 Å². The molecule has 0 unspecified atom stereocenters. The number of rotatable bonds is 5. The Balaban J connectivity index is 1.72. The van der Waals surface area contributed by atoms with Crippen molar-refractivity contribution in [3.05, 3.63) is 76.4 Å². The van der Waals surface area contributed by atoms with Crippen LogP contribution in [-0.2, 0) is 10.0 Å². The van der Waals surface area contributed by atoms with Crippen LogP contribution in [0.5, 0.6) is 0 Å². The van der Waals surface area contributed by atoms with E-state index in [-0.39, 0.29) is 21.8 Å². The van der Waals surface area contributed by atoms with E-state index in [1.807, 2.05) is 19.9 Å². The maximum Gasteiger partial charge on any atom is 0.263 e. The van der Waals surface area contributed by atoms with E-state index < -0.39 is 10.0 Å². The van der Waals surface area contributed by atoms with Crippen LogP contribution in [0.1, 0.15) is 21.5 Å². The molecule has 0 saturated heterocycles. The molecule has 3 rings (SSSR count). The highest BCUT2D eigenvalue weighted by molar-refractivity contribution is 7.92. The average molecular weight is 417 g/mol. The van der Waals surface area contributed by atoms with Crippen molar-refractivity contribution < 1.29 is 13.2 Å². The number of aryl methyl sites for hydroxylation is 2. The maximum atomic E-state index is 12.4. The molecule has 1 aromatic heterocycles. The molecule has 7 nitrogen and oxygen atoms in total. The number of nitrogens with zero attached hydrogens (tertiary/aromatic N) is 2. The lowest BCUT2D eigenvalue weighted by molar-refractivity contribution is 0.102. The van der Waals surface area contributed by atoms with Crippen molar-refractivity contribution in [2.45, 2.75) is 18.7 Å². The number of amides is 1. The van der Waals surface area contributed by atoms with E-state index in [1.165, 1.54) is 36.4 Å². The SMILES string of the molecule is Cc1ccc(C(=O)Nc2ccc(S(=O)(=O)Nc3ccc(Cl)nn3)cc2)cc1C. The number of sulfonamides is 1. The molecule has 144 valence electrons. The number of halogens is 1. The fourth-order valence-electron chi connectivity index (χ4n) is 2.37. The van der Waals surface area contributed by atoms with Crippen LogP contribution in [0.4, 0.5) is 11.5 Å². The lowest BCUT2D eigenvalue weighted by Crippen LogP contribution is -2.15. The van der Waals surface area contributed by atoms with Gasteiger partial charge in [-0.3, -0.25) is 9.52 Å². The first kappa shape index (κ1) is 19.8. The van der Waals surface area contributed by atoms with Gasteiger partial charge in [-0.1, -0.05) is 17.7 Å². The molecule has 0 saturated carbocycles. The minimum Gasteiger partial charge on any atom is -0.322 e. The van der Waals surface area contributed by atoms with E-state index in [1.54, 1.807) is 12.1 Å². The Morgan fingerprint density at radius 3 is 2.25 bits per heavy atom. The molecule has 2 N–H and O–H groups in total. The van der Waals surface area contributed by atoms with Crippen LogP contribution in [0.2, 0.25) is 5.15 Å². The Hall–Kier alpha value is -2.97. The third-order valence-electron chi connectivity index (χ3n) is 4.06. The summed E-state index contributed by atoms with van der Waals surface area (Å²) in [5.74, 6) is -0.218. The van der Waals surface area contributed by atoms with Crippen molar-refractivity contribution in [3.8, 4) is 0 Å². The monoisotopic (exact) mass is 416 g/mol. The quantitative estimate of drug-likeness (QED) is 0.658. The topological polar surface area (TPSA) is 101 Å². The summed E-state index contributed by atoms with van der Waals surface area (Å²) in [4.78, 5) is 12.4. The second-order valence-electron chi connectivity index (χ2n) is 6.12. The van der Waals surface area contributed by atoms with E-state index in [2.05, 4.69) is 20.2 Å². The van der Waals surface area contributed by atoms with Crippen LogP contribution < -0.4 is 10.0 Å². The number of hydrogen-bond acceptors (Lipinski definition) is 5. The lowest BCUT2D eigenvalue weighted by Gasteiger charge is -2.09. The Bertz CT molecular complexity index is 1110. The van der Waals surface area contributed by atoms with E-state index in [9.17, 15) is 13.2 Å². The third-order valence-corrected chi connectivity index (χ3v) is 5.63. The molecule has 28 heavy (non-hydrogen) atoms. The number of hydrogen-bond donors (Lipinski definition) is 2. The molecule has 0 aliphatic rings. The minimum atomic E-state index is -3.84. The molecule has 0 atom stereocenters. The van der Waals surface area contributed by atoms with Crippen molar-refractivity contribution in [1.82, 2.24) is 10.2 Å². The Labute approximate surface area is 167 Å². The second-order valence-corrected chi connectivity index (χ2v) is 8.19. The average Bonchev–Trinajstić information content (AvgIpc) is 2.66. The molecule has 2 aromatic carbocycles. The first-order valence-electron chi connectivity index (χ1n) is 8.25. The lowest BCUT2D eigenvalue weighted by atomic mass is 10.1. The zero-order chi connectivity index (χ0) is 20.3. The van der Waals surface area contributed by atoms with Gasteiger partial charge in [-0.15, -0.1) is 10.2 Å². The minimum absolute atomic E-state index is 0.0217. The van der Waals surface area contributed by atoms with Crippen LogP contribution in [0.25, 0.3) is 0 Å². The van der Waals surface area contributed by atoms with Gasteiger partial charge in [0.2, 0.25) is 0 Å². The van der Waals surface area contributed by atoms with E-state index in [0.717, 1.165) is 11.1 Å². The number of nitrogens with one attached hydrogen (secondary N) is 2. The van der Waals surface area contributed by atoms with Crippen LogP contribution in [0, 0.1) is 13.8 Å². The van der Waals surface area contributed by atoms with E-state index >= 15 is 0 Å². The molecular formula is C19H17ClN4O3S. The molecule has 0 radical (unpaired) electrons. The summed E-state index contributed by atoms with van der Waals surface area (Å²) in [6.07, 6.45) is 0.